The summed E-state index contributed by atoms with van der Waals surface area (Å²) in [6.45, 7) is 5.59. The molecule has 0 aliphatic rings. The van der Waals surface area contributed by atoms with Crippen molar-refractivity contribution in [2.75, 3.05) is 17.3 Å². The van der Waals surface area contributed by atoms with Gasteiger partial charge in [0, 0.05) is 28.4 Å². The second-order valence-corrected chi connectivity index (χ2v) is 16.7. The summed E-state index contributed by atoms with van der Waals surface area (Å²) >= 11 is 14.0. The van der Waals surface area contributed by atoms with E-state index in [4.69, 9.17) is 31.0 Å². The van der Waals surface area contributed by atoms with Crippen LogP contribution in [0.25, 0.3) is 0 Å². The quantitative estimate of drug-likeness (QED) is 0.0445. The lowest BCUT2D eigenvalue weighted by atomic mass is 9.74. The molecule has 6 nitrogen and oxygen atoms in total. The lowest BCUT2D eigenvalue weighted by molar-refractivity contribution is -0.153. The Hall–Kier alpha value is -5.06. The van der Waals surface area contributed by atoms with Crippen molar-refractivity contribution in [2.45, 2.75) is 50.0 Å². The third-order valence-corrected chi connectivity index (χ3v) is 11.9. The molecule has 0 spiro atoms. The molecule has 6 aromatic rings. The number of benzene rings is 6. The third-order valence-electron chi connectivity index (χ3n) is 10.8. The monoisotopic (exact) mass is 850 g/mol. The Morgan fingerprint density at radius 3 is 1.17 bits per heavy atom. The minimum absolute atomic E-state index is 0.0368. The van der Waals surface area contributed by atoms with Crippen molar-refractivity contribution >= 4 is 55.5 Å². The van der Waals surface area contributed by atoms with E-state index >= 15 is 9.59 Å². The zero-order chi connectivity index (χ0) is 42.9. The number of carbonyl (C=O) groups excluding carboxylic acids is 3. The summed E-state index contributed by atoms with van der Waals surface area (Å²) in [5.74, 6) is -0.219. The maximum Gasteiger partial charge on any atom is 0.248 e. The van der Waals surface area contributed by atoms with Gasteiger partial charge in [-0.1, -0.05) is 176 Å². The van der Waals surface area contributed by atoms with Crippen LogP contribution in [0.5, 0.6) is 0 Å². The fourth-order valence-electron chi connectivity index (χ4n) is 8.13. The van der Waals surface area contributed by atoms with Crippen LogP contribution >= 0.6 is 37.9 Å². The van der Waals surface area contributed by atoms with Crippen LogP contribution in [0.3, 0.4) is 0 Å². The van der Waals surface area contributed by atoms with Gasteiger partial charge >= 0.3 is 0 Å². The maximum absolute atomic E-state index is 16.2. The molecule has 0 saturated carbocycles. The zero-order valence-electron chi connectivity index (χ0n) is 34.1. The number of rotatable bonds is 16. The first-order valence-corrected chi connectivity index (χ1v) is 21.9. The molecule has 0 unspecified atom stereocenters. The normalized spacial score (nSPS) is 13.3. The van der Waals surface area contributed by atoms with Crippen LogP contribution < -0.4 is 5.73 Å². The van der Waals surface area contributed by atoms with E-state index in [1.165, 1.54) is 4.90 Å². The van der Waals surface area contributed by atoms with Crippen molar-refractivity contribution in [3.63, 3.8) is 0 Å². The lowest BCUT2D eigenvalue weighted by Crippen LogP contribution is -2.67. The van der Waals surface area contributed by atoms with E-state index in [9.17, 15) is 4.79 Å². The Kier molecular flexibility index (Phi) is 14.8. The molecule has 0 aliphatic carbocycles. The Morgan fingerprint density at radius 1 is 0.467 bits per heavy atom. The molecule has 0 heterocycles. The van der Waals surface area contributed by atoms with Gasteiger partial charge in [-0.15, -0.1) is 0 Å². The van der Waals surface area contributed by atoms with Crippen molar-refractivity contribution in [1.29, 1.82) is 0 Å². The molecule has 307 valence electrons. The van der Waals surface area contributed by atoms with Crippen LogP contribution in [0.2, 0.25) is 0 Å². The van der Waals surface area contributed by atoms with E-state index in [2.05, 4.69) is 36.9 Å². The number of thiol groups is 3. The first kappa shape index (κ1) is 44.5. The van der Waals surface area contributed by atoms with Gasteiger partial charge in [-0.25, -0.2) is 0 Å². The summed E-state index contributed by atoms with van der Waals surface area (Å²) in [5, 5.41) is 0. The summed E-state index contributed by atoms with van der Waals surface area (Å²) in [6, 6.07) is 53.8. The van der Waals surface area contributed by atoms with Gasteiger partial charge in [0.15, 0.2) is 5.78 Å². The number of ketones is 1. The molecule has 60 heavy (non-hydrogen) atoms. The largest absolute Gasteiger partial charge is 0.324 e. The van der Waals surface area contributed by atoms with Crippen LogP contribution in [0.15, 0.2) is 176 Å². The van der Waals surface area contributed by atoms with Gasteiger partial charge in [0.2, 0.25) is 11.8 Å². The van der Waals surface area contributed by atoms with Gasteiger partial charge in [0.25, 0.3) is 0 Å². The summed E-state index contributed by atoms with van der Waals surface area (Å²) in [4.78, 5) is 49.1. The Balaban J connectivity index is 1.60. The van der Waals surface area contributed by atoms with Crippen LogP contribution in [-0.2, 0) is 15.1 Å². The molecule has 0 bridgehead atoms. The minimum atomic E-state index is -1.40. The maximum atomic E-state index is 16.2. The third kappa shape index (κ3) is 9.15. The average molecular weight is 851 g/mol. The van der Waals surface area contributed by atoms with Crippen molar-refractivity contribution in [2.24, 2.45) is 5.73 Å². The highest BCUT2D eigenvalue weighted by atomic mass is 32.1. The fraction of sp³-hybridized carbons (Fsp3) is 0.216. The molecular formula is C51H52N3O3S3. The fourth-order valence-corrected chi connectivity index (χ4v) is 8.94. The SMILES string of the molecule is CC(C)(C)N(C(=O)[C@@H](N)CS)[C@@H](CS)C(=O)N([C@@H](CS)C(=O)c1ccc([C](c2ccccc2)c2ccccc2)cc1)C(c1ccccc1)(c1ccccc1)c1ccccc1. The molecule has 0 aliphatic heterocycles. The highest BCUT2D eigenvalue weighted by Crippen LogP contribution is 2.45. The van der Waals surface area contributed by atoms with E-state index in [0.29, 0.717) is 5.56 Å². The van der Waals surface area contributed by atoms with Gasteiger partial charge in [-0.3, -0.25) is 14.4 Å². The first-order valence-electron chi connectivity index (χ1n) is 20.0. The molecule has 9 heteroatoms. The van der Waals surface area contributed by atoms with Crippen molar-refractivity contribution in [1.82, 2.24) is 9.80 Å². The standard InChI is InChI=1S/C51H52N3O3S3/c1-50(2,3)53(48(56)43(52)33-58)45(35-60)49(57)54(51(40-23-13-6-14-24-40,41-25-15-7-16-26-41)42-27-17-8-18-28-42)44(34-59)47(55)39-31-29-38(30-32-39)46(36-19-9-4-10-20-36)37-21-11-5-12-22-37/h4-32,43-45,58-60H,33-35,52H2,1-3H3/t43-,44-,45-/m0/s1. The second-order valence-electron chi connectivity index (χ2n) is 15.6. The summed E-state index contributed by atoms with van der Waals surface area (Å²) in [5.41, 5.74) is 9.76. The van der Waals surface area contributed by atoms with E-state index in [1.807, 2.05) is 172 Å². The average Bonchev–Trinajstić information content (AvgIpc) is 3.29. The Morgan fingerprint density at radius 2 is 0.817 bits per heavy atom. The molecule has 0 saturated heterocycles. The van der Waals surface area contributed by atoms with Crippen molar-refractivity contribution < 1.29 is 14.4 Å². The van der Waals surface area contributed by atoms with Gasteiger partial charge in [0.05, 0.1) is 12.0 Å². The molecule has 3 atom stereocenters. The van der Waals surface area contributed by atoms with E-state index in [1.54, 1.807) is 4.90 Å². The molecule has 6 aromatic carbocycles. The zero-order valence-corrected chi connectivity index (χ0v) is 36.8. The number of Topliss-reactive ketones (excluding diaryl/α,β-unsaturated/α-hetero) is 1. The highest BCUT2D eigenvalue weighted by molar-refractivity contribution is 7.80. The smallest absolute Gasteiger partial charge is 0.248 e. The van der Waals surface area contributed by atoms with Gasteiger partial charge in [-0.2, -0.15) is 37.9 Å². The van der Waals surface area contributed by atoms with Crippen LogP contribution in [-0.4, -0.2) is 68.3 Å². The molecule has 1 radical (unpaired) electrons. The first-order chi connectivity index (χ1) is 29.0. The summed E-state index contributed by atoms with van der Waals surface area (Å²) in [7, 11) is 0. The van der Waals surface area contributed by atoms with Gasteiger partial charge < -0.3 is 15.5 Å². The number of carbonyl (C=O) groups is 3. The van der Waals surface area contributed by atoms with Gasteiger partial charge in [0.1, 0.15) is 17.6 Å². The number of amides is 2. The summed E-state index contributed by atoms with van der Waals surface area (Å²) in [6.07, 6.45) is 0. The predicted octanol–water partition coefficient (Wildman–Crippen LogP) is 9.19. The number of nitrogens with zero attached hydrogens (tertiary/aromatic N) is 2. The number of hydrogen-bond acceptors (Lipinski definition) is 7. The van der Waals surface area contributed by atoms with E-state index in [0.717, 1.165) is 39.3 Å². The Bertz CT molecular complexity index is 2170. The number of hydrogen-bond donors (Lipinski definition) is 4. The molecule has 0 aromatic heterocycles. The van der Waals surface area contributed by atoms with E-state index < -0.39 is 41.0 Å². The van der Waals surface area contributed by atoms with Crippen LogP contribution in [0, 0.1) is 5.92 Å². The highest BCUT2D eigenvalue weighted by Gasteiger charge is 2.52. The van der Waals surface area contributed by atoms with Crippen LogP contribution in [0.1, 0.15) is 64.5 Å². The number of nitrogens with two attached hydrogens (primary N) is 1. The summed E-state index contributed by atoms with van der Waals surface area (Å²) < 4.78 is 0. The second kappa shape index (κ2) is 20.0. The lowest BCUT2D eigenvalue weighted by Gasteiger charge is -2.51. The van der Waals surface area contributed by atoms with Crippen molar-refractivity contribution in [3.05, 3.63) is 221 Å². The van der Waals surface area contributed by atoms with Crippen LogP contribution in [0.4, 0.5) is 0 Å². The predicted molar refractivity (Wildman–Crippen MR) is 254 cm³/mol. The molecule has 0 fully saturated rings. The molecule has 2 amide bonds. The Labute approximate surface area is 371 Å². The van der Waals surface area contributed by atoms with Gasteiger partial charge in [-0.05, 0) is 54.2 Å². The minimum Gasteiger partial charge on any atom is -0.324 e. The molecular weight excluding hydrogens is 799 g/mol. The topological polar surface area (TPSA) is 83.7 Å². The molecule has 2 N–H and O–H groups in total. The molecule has 6 rings (SSSR count). The van der Waals surface area contributed by atoms with Crippen molar-refractivity contribution in [3.8, 4) is 0 Å². The van der Waals surface area contributed by atoms with E-state index in [-0.39, 0.29) is 23.0 Å².